The summed E-state index contributed by atoms with van der Waals surface area (Å²) in [6.45, 7) is 0. The van der Waals surface area contributed by atoms with Crippen molar-refractivity contribution >= 4 is 54.3 Å². The van der Waals surface area contributed by atoms with Gasteiger partial charge in [-0.3, -0.25) is 14.8 Å². The lowest BCUT2D eigenvalue weighted by molar-refractivity contribution is 0.0600. The molecule has 3 aromatic carbocycles. The van der Waals surface area contributed by atoms with Crippen molar-refractivity contribution in [3.63, 3.8) is 0 Å². The standard InChI is InChI=1S/C22H16FN3O5S2/c1-31-21(28)14-5-10-18-19(12-14)32-22(24-18)25-20(27)13-3-2-4-16(11-13)26-33(29,30)17-8-6-15(23)7-9-17/h2-12,26H,1H3,(H,24,25,27). The van der Waals surface area contributed by atoms with Crippen LogP contribution in [0.5, 0.6) is 0 Å². The number of hydrogen-bond acceptors (Lipinski definition) is 7. The maximum atomic E-state index is 13.1. The summed E-state index contributed by atoms with van der Waals surface area (Å²) in [6, 6.07) is 15.2. The van der Waals surface area contributed by atoms with Gasteiger partial charge in [-0.15, -0.1) is 0 Å². The second kappa shape index (κ2) is 8.96. The van der Waals surface area contributed by atoms with Crippen LogP contribution in [0, 0.1) is 5.82 Å². The Morgan fingerprint density at radius 1 is 1.00 bits per heavy atom. The number of amides is 1. The summed E-state index contributed by atoms with van der Waals surface area (Å²) < 4.78 is 45.9. The summed E-state index contributed by atoms with van der Waals surface area (Å²) in [4.78, 5) is 28.6. The number of methoxy groups -OCH3 is 1. The van der Waals surface area contributed by atoms with Crippen molar-refractivity contribution < 1.29 is 27.1 Å². The molecule has 2 N–H and O–H groups in total. The van der Waals surface area contributed by atoms with Gasteiger partial charge in [0, 0.05) is 11.3 Å². The zero-order chi connectivity index (χ0) is 23.6. The number of halogens is 1. The molecule has 0 saturated carbocycles. The van der Waals surface area contributed by atoms with Gasteiger partial charge in [-0.25, -0.2) is 22.6 Å². The van der Waals surface area contributed by atoms with E-state index in [0.717, 1.165) is 24.3 Å². The largest absolute Gasteiger partial charge is 0.465 e. The number of sulfonamides is 1. The smallest absolute Gasteiger partial charge is 0.337 e. The summed E-state index contributed by atoms with van der Waals surface area (Å²) in [5.41, 5.74) is 1.33. The van der Waals surface area contributed by atoms with E-state index in [4.69, 9.17) is 4.74 Å². The highest BCUT2D eigenvalue weighted by atomic mass is 32.2. The molecule has 1 heterocycles. The first-order chi connectivity index (χ1) is 15.7. The van der Waals surface area contributed by atoms with Crippen molar-refractivity contribution in [3.05, 3.63) is 83.7 Å². The summed E-state index contributed by atoms with van der Waals surface area (Å²) in [6.07, 6.45) is 0. The lowest BCUT2D eigenvalue weighted by Crippen LogP contribution is -2.15. The van der Waals surface area contributed by atoms with Gasteiger partial charge >= 0.3 is 5.97 Å². The van der Waals surface area contributed by atoms with E-state index in [1.54, 1.807) is 18.2 Å². The van der Waals surface area contributed by atoms with Crippen LogP contribution in [0.15, 0.2) is 71.6 Å². The molecule has 0 radical (unpaired) electrons. The van der Waals surface area contributed by atoms with E-state index < -0.39 is 27.7 Å². The Morgan fingerprint density at radius 3 is 2.48 bits per heavy atom. The van der Waals surface area contributed by atoms with Crippen molar-refractivity contribution in [2.24, 2.45) is 0 Å². The molecule has 4 rings (SSSR count). The number of nitrogens with one attached hydrogen (secondary N) is 2. The molecule has 0 unspecified atom stereocenters. The third-order valence-corrected chi connectivity index (χ3v) is 6.86. The zero-order valence-corrected chi connectivity index (χ0v) is 18.7. The van der Waals surface area contributed by atoms with Crippen molar-refractivity contribution in [3.8, 4) is 0 Å². The first-order valence-corrected chi connectivity index (χ1v) is 11.7. The van der Waals surface area contributed by atoms with Crippen molar-refractivity contribution in [2.75, 3.05) is 17.1 Å². The monoisotopic (exact) mass is 485 g/mol. The third kappa shape index (κ3) is 4.99. The van der Waals surface area contributed by atoms with Crippen molar-refractivity contribution in [1.29, 1.82) is 0 Å². The fraction of sp³-hybridized carbons (Fsp3) is 0.0455. The highest BCUT2D eigenvalue weighted by Gasteiger charge is 2.16. The van der Waals surface area contributed by atoms with Crippen LogP contribution >= 0.6 is 11.3 Å². The maximum Gasteiger partial charge on any atom is 0.337 e. The molecule has 0 bridgehead atoms. The molecule has 168 valence electrons. The first kappa shape index (κ1) is 22.4. The van der Waals surface area contributed by atoms with Crippen LogP contribution in [0.1, 0.15) is 20.7 Å². The Bertz CT molecular complexity index is 1470. The third-order valence-electron chi connectivity index (χ3n) is 4.53. The van der Waals surface area contributed by atoms with Gasteiger partial charge in [0.05, 0.1) is 27.8 Å². The molecule has 4 aromatic rings. The molecule has 0 aliphatic carbocycles. The van der Waals surface area contributed by atoms with Gasteiger partial charge in [0.2, 0.25) is 0 Å². The molecule has 0 aliphatic heterocycles. The second-order valence-electron chi connectivity index (χ2n) is 6.79. The average molecular weight is 486 g/mol. The quantitative estimate of drug-likeness (QED) is 0.394. The van der Waals surface area contributed by atoms with E-state index in [2.05, 4.69) is 15.0 Å². The number of nitrogens with zero attached hydrogens (tertiary/aromatic N) is 1. The predicted octanol–water partition coefficient (Wildman–Crippen LogP) is 4.28. The Kier molecular flexibility index (Phi) is 6.07. The van der Waals surface area contributed by atoms with E-state index >= 15 is 0 Å². The average Bonchev–Trinajstić information content (AvgIpc) is 3.20. The number of carbonyl (C=O) groups excluding carboxylic acids is 2. The van der Waals surface area contributed by atoms with Gasteiger partial charge in [0.1, 0.15) is 5.82 Å². The number of rotatable bonds is 6. The van der Waals surface area contributed by atoms with E-state index in [9.17, 15) is 22.4 Å². The summed E-state index contributed by atoms with van der Waals surface area (Å²) in [7, 11) is -2.67. The SMILES string of the molecule is COC(=O)c1ccc2nc(NC(=O)c3cccc(NS(=O)(=O)c4ccc(F)cc4)c3)sc2c1. The highest BCUT2D eigenvalue weighted by Crippen LogP contribution is 2.28. The minimum atomic E-state index is -3.96. The van der Waals surface area contributed by atoms with E-state index in [1.165, 1.54) is 42.7 Å². The van der Waals surface area contributed by atoms with Crippen molar-refractivity contribution in [1.82, 2.24) is 4.98 Å². The molecule has 11 heteroatoms. The van der Waals surface area contributed by atoms with Gasteiger partial charge in [-0.2, -0.15) is 0 Å². The molecular formula is C22H16FN3O5S2. The van der Waals surface area contributed by atoms with E-state index in [-0.39, 0.29) is 16.1 Å². The van der Waals surface area contributed by atoms with Crippen molar-refractivity contribution in [2.45, 2.75) is 4.90 Å². The first-order valence-electron chi connectivity index (χ1n) is 9.44. The normalized spacial score (nSPS) is 11.2. The fourth-order valence-electron chi connectivity index (χ4n) is 2.94. The van der Waals surface area contributed by atoms with Crippen LogP contribution in [-0.4, -0.2) is 32.4 Å². The van der Waals surface area contributed by atoms with Crippen LogP contribution in [0.3, 0.4) is 0 Å². The lowest BCUT2D eigenvalue weighted by Gasteiger charge is -2.09. The fourth-order valence-corrected chi connectivity index (χ4v) is 4.89. The molecule has 1 aromatic heterocycles. The lowest BCUT2D eigenvalue weighted by atomic mass is 10.2. The predicted molar refractivity (Wildman–Crippen MR) is 123 cm³/mol. The van der Waals surface area contributed by atoms with Crippen LogP contribution in [0.4, 0.5) is 15.2 Å². The van der Waals surface area contributed by atoms with Crippen LogP contribution in [0.25, 0.3) is 10.2 Å². The Hall–Kier alpha value is -3.83. The Balaban J connectivity index is 1.52. The second-order valence-corrected chi connectivity index (χ2v) is 9.50. The molecule has 0 fully saturated rings. The summed E-state index contributed by atoms with van der Waals surface area (Å²) in [5.74, 6) is -1.52. The number of fused-ring (bicyclic) bond motifs is 1. The number of esters is 1. The topological polar surface area (TPSA) is 114 Å². The molecule has 0 spiro atoms. The zero-order valence-electron chi connectivity index (χ0n) is 17.0. The molecule has 33 heavy (non-hydrogen) atoms. The maximum absolute atomic E-state index is 13.1. The number of carbonyl (C=O) groups is 2. The summed E-state index contributed by atoms with van der Waals surface area (Å²) >= 11 is 1.18. The number of benzene rings is 3. The highest BCUT2D eigenvalue weighted by molar-refractivity contribution is 7.92. The van der Waals surface area contributed by atoms with Gasteiger partial charge in [0.25, 0.3) is 15.9 Å². The molecule has 0 saturated heterocycles. The molecular weight excluding hydrogens is 469 g/mol. The van der Waals surface area contributed by atoms with Gasteiger partial charge < -0.3 is 4.74 Å². The number of hydrogen-bond donors (Lipinski definition) is 2. The minimum Gasteiger partial charge on any atom is -0.465 e. The van der Waals surface area contributed by atoms with Crippen LogP contribution < -0.4 is 10.0 Å². The van der Waals surface area contributed by atoms with Gasteiger partial charge in [0.15, 0.2) is 5.13 Å². The Labute approximate surface area is 192 Å². The molecule has 0 aliphatic rings. The van der Waals surface area contributed by atoms with Gasteiger partial charge in [-0.1, -0.05) is 17.4 Å². The number of ether oxygens (including phenoxy) is 1. The minimum absolute atomic E-state index is 0.112. The molecule has 0 atom stereocenters. The number of anilines is 2. The van der Waals surface area contributed by atoms with E-state index in [0.29, 0.717) is 20.9 Å². The Morgan fingerprint density at radius 2 is 1.76 bits per heavy atom. The van der Waals surface area contributed by atoms with Crippen LogP contribution in [-0.2, 0) is 14.8 Å². The summed E-state index contributed by atoms with van der Waals surface area (Å²) in [5, 5.41) is 2.99. The van der Waals surface area contributed by atoms with Crippen LogP contribution in [0.2, 0.25) is 0 Å². The molecule has 8 nitrogen and oxygen atoms in total. The number of thiazole rings is 1. The molecule has 1 amide bonds. The number of aromatic nitrogens is 1. The van der Waals surface area contributed by atoms with E-state index in [1.807, 2.05) is 0 Å². The van der Waals surface area contributed by atoms with Gasteiger partial charge in [-0.05, 0) is 60.7 Å².